The maximum Gasteiger partial charge on any atom is 0.119 e. The molecule has 0 fully saturated rings. The predicted molar refractivity (Wildman–Crippen MR) is 81.8 cm³/mol. The Kier molecular flexibility index (Phi) is 4.15. The second-order valence-electron chi connectivity index (χ2n) is 4.67. The third-order valence-corrected chi connectivity index (χ3v) is 3.33. The van der Waals surface area contributed by atoms with Gasteiger partial charge in [-0.25, -0.2) is 5.84 Å². The number of ether oxygens (including phenoxy) is 2. The molecule has 0 heterocycles. The molecule has 0 saturated carbocycles. The minimum Gasteiger partial charge on any atom is -0.497 e. The maximum absolute atomic E-state index is 6.25. The Labute approximate surface area is 119 Å². The molecule has 2 aromatic rings. The van der Waals surface area contributed by atoms with Gasteiger partial charge < -0.3 is 9.47 Å². The summed E-state index contributed by atoms with van der Waals surface area (Å²) >= 11 is 0. The summed E-state index contributed by atoms with van der Waals surface area (Å²) in [6.07, 6.45) is 0. The molecular weight excluding hydrogens is 252 g/mol. The SMILES string of the molecule is COc1ccc(N(N)c2ccc(OC)cc2C)c(C)c1. The molecule has 4 nitrogen and oxygen atoms in total. The predicted octanol–water partition coefficient (Wildman–Crippen LogP) is 3.33. The van der Waals surface area contributed by atoms with Crippen LogP contribution in [0.2, 0.25) is 0 Å². The Bertz CT molecular complexity index is 558. The third-order valence-electron chi connectivity index (χ3n) is 3.33. The third kappa shape index (κ3) is 2.70. The standard InChI is InChI=1S/C16H20N2O2/c1-11-9-13(19-3)5-7-15(11)18(17)16-8-6-14(20-4)10-12(16)2/h5-10H,17H2,1-4H3. The molecule has 0 atom stereocenters. The van der Waals surface area contributed by atoms with Crippen molar-refractivity contribution in [1.29, 1.82) is 0 Å². The average Bonchev–Trinajstić information content (AvgIpc) is 2.46. The van der Waals surface area contributed by atoms with Crippen LogP contribution in [0.15, 0.2) is 36.4 Å². The van der Waals surface area contributed by atoms with Crippen LogP contribution in [0.25, 0.3) is 0 Å². The lowest BCUT2D eigenvalue weighted by atomic mass is 10.1. The highest BCUT2D eigenvalue weighted by molar-refractivity contribution is 5.68. The van der Waals surface area contributed by atoms with Crippen molar-refractivity contribution in [2.24, 2.45) is 5.84 Å². The fourth-order valence-corrected chi connectivity index (χ4v) is 2.18. The fourth-order valence-electron chi connectivity index (χ4n) is 2.18. The molecule has 2 N–H and O–H groups in total. The first-order valence-corrected chi connectivity index (χ1v) is 6.41. The second kappa shape index (κ2) is 5.84. The lowest BCUT2D eigenvalue weighted by Gasteiger charge is -2.23. The molecule has 0 spiro atoms. The van der Waals surface area contributed by atoms with Gasteiger partial charge in [0.1, 0.15) is 11.5 Å². The number of aryl methyl sites for hydroxylation is 2. The Hall–Kier alpha value is -2.20. The first kappa shape index (κ1) is 14.2. The van der Waals surface area contributed by atoms with Crippen molar-refractivity contribution in [2.75, 3.05) is 19.2 Å². The van der Waals surface area contributed by atoms with Crippen molar-refractivity contribution in [3.8, 4) is 11.5 Å². The monoisotopic (exact) mass is 272 g/mol. The van der Waals surface area contributed by atoms with Gasteiger partial charge in [-0.15, -0.1) is 0 Å². The van der Waals surface area contributed by atoms with E-state index in [9.17, 15) is 0 Å². The van der Waals surface area contributed by atoms with Crippen LogP contribution in [-0.4, -0.2) is 14.2 Å². The number of methoxy groups -OCH3 is 2. The van der Waals surface area contributed by atoms with Gasteiger partial charge >= 0.3 is 0 Å². The highest BCUT2D eigenvalue weighted by atomic mass is 16.5. The van der Waals surface area contributed by atoms with Crippen molar-refractivity contribution < 1.29 is 9.47 Å². The molecule has 0 bridgehead atoms. The fraction of sp³-hybridized carbons (Fsp3) is 0.250. The summed E-state index contributed by atoms with van der Waals surface area (Å²) in [5.74, 6) is 7.90. The molecule has 0 amide bonds. The smallest absolute Gasteiger partial charge is 0.119 e. The summed E-state index contributed by atoms with van der Waals surface area (Å²) in [5, 5.41) is 1.68. The molecule has 2 aromatic carbocycles. The molecule has 0 radical (unpaired) electrons. The first-order valence-electron chi connectivity index (χ1n) is 6.41. The van der Waals surface area contributed by atoms with Crippen molar-refractivity contribution in [1.82, 2.24) is 0 Å². The van der Waals surface area contributed by atoms with E-state index in [1.807, 2.05) is 50.2 Å². The summed E-state index contributed by atoms with van der Waals surface area (Å²) in [4.78, 5) is 0. The quantitative estimate of drug-likeness (QED) is 0.685. The van der Waals surface area contributed by atoms with Crippen LogP contribution in [0.5, 0.6) is 11.5 Å². The minimum absolute atomic E-state index is 0.825. The molecule has 4 heteroatoms. The second-order valence-corrected chi connectivity index (χ2v) is 4.67. The summed E-state index contributed by atoms with van der Waals surface area (Å²) in [6, 6.07) is 11.7. The Morgan fingerprint density at radius 3 is 1.50 bits per heavy atom. The van der Waals surface area contributed by atoms with Gasteiger partial charge in [0, 0.05) is 0 Å². The lowest BCUT2D eigenvalue weighted by Crippen LogP contribution is -2.26. The van der Waals surface area contributed by atoms with Crippen LogP contribution < -0.4 is 20.3 Å². The van der Waals surface area contributed by atoms with Crippen LogP contribution in [0.4, 0.5) is 11.4 Å². The van der Waals surface area contributed by atoms with Gasteiger partial charge in [0.25, 0.3) is 0 Å². The number of nitrogens with two attached hydrogens (primary N) is 1. The van der Waals surface area contributed by atoms with Gasteiger partial charge in [-0.3, -0.25) is 5.01 Å². The van der Waals surface area contributed by atoms with Gasteiger partial charge in [-0.2, -0.15) is 0 Å². The molecule has 0 saturated heterocycles. The highest BCUT2D eigenvalue weighted by Crippen LogP contribution is 2.31. The molecule has 0 unspecified atom stereocenters. The van der Waals surface area contributed by atoms with Crippen molar-refractivity contribution >= 4 is 11.4 Å². The molecule has 20 heavy (non-hydrogen) atoms. The topological polar surface area (TPSA) is 47.7 Å². The van der Waals surface area contributed by atoms with E-state index in [0.717, 1.165) is 34.0 Å². The van der Waals surface area contributed by atoms with Crippen LogP contribution in [0.1, 0.15) is 11.1 Å². The summed E-state index contributed by atoms with van der Waals surface area (Å²) in [7, 11) is 3.31. The van der Waals surface area contributed by atoms with E-state index in [4.69, 9.17) is 15.3 Å². The van der Waals surface area contributed by atoms with Crippen LogP contribution in [0, 0.1) is 13.8 Å². The summed E-state index contributed by atoms with van der Waals surface area (Å²) in [6.45, 7) is 4.02. The summed E-state index contributed by atoms with van der Waals surface area (Å²) < 4.78 is 10.4. The number of hydrogen-bond donors (Lipinski definition) is 1. The van der Waals surface area contributed by atoms with E-state index >= 15 is 0 Å². The zero-order valence-corrected chi connectivity index (χ0v) is 12.3. The zero-order chi connectivity index (χ0) is 14.7. The van der Waals surface area contributed by atoms with Crippen molar-refractivity contribution in [3.05, 3.63) is 47.5 Å². The number of benzene rings is 2. The van der Waals surface area contributed by atoms with Gasteiger partial charge in [-0.05, 0) is 61.4 Å². The van der Waals surface area contributed by atoms with E-state index in [2.05, 4.69) is 0 Å². The molecule has 0 aliphatic heterocycles. The number of rotatable bonds is 4. The molecular formula is C16H20N2O2. The maximum atomic E-state index is 6.25. The van der Waals surface area contributed by atoms with Gasteiger partial charge in [0.2, 0.25) is 0 Å². The molecule has 2 rings (SSSR count). The number of nitrogens with zero attached hydrogens (tertiary/aromatic N) is 1. The minimum atomic E-state index is 0.825. The number of hydrazine groups is 1. The number of hydrogen-bond acceptors (Lipinski definition) is 4. The van der Waals surface area contributed by atoms with E-state index < -0.39 is 0 Å². The molecule has 106 valence electrons. The summed E-state index contributed by atoms with van der Waals surface area (Å²) in [5.41, 5.74) is 4.00. The van der Waals surface area contributed by atoms with Gasteiger partial charge in [0.15, 0.2) is 0 Å². The highest BCUT2D eigenvalue weighted by Gasteiger charge is 2.11. The lowest BCUT2D eigenvalue weighted by molar-refractivity contribution is 0.414. The van der Waals surface area contributed by atoms with E-state index in [1.165, 1.54) is 0 Å². The van der Waals surface area contributed by atoms with Gasteiger partial charge in [0.05, 0.1) is 25.6 Å². The first-order chi connectivity index (χ1) is 9.56. The van der Waals surface area contributed by atoms with E-state index in [0.29, 0.717) is 0 Å². The number of anilines is 2. The van der Waals surface area contributed by atoms with E-state index in [1.54, 1.807) is 19.2 Å². The van der Waals surface area contributed by atoms with E-state index in [-0.39, 0.29) is 0 Å². The van der Waals surface area contributed by atoms with Crippen LogP contribution in [0.3, 0.4) is 0 Å². The van der Waals surface area contributed by atoms with Gasteiger partial charge in [-0.1, -0.05) is 0 Å². The Balaban J connectivity index is 2.38. The van der Waals surface area contributed by atoms with Crippen LogP contribution in [-0.2, 0) is 0 Å². The zero-order valence-electron chi connectivity index (χ0n) is 12.3. The Morgan fingerprint density at radius 2 is 1.20 bits per heavy atom. The Morgan fingerprint density at radius 1 is 0.800 bits per heavy atom. The van der Waals surface area contributed by atoms with Crippen molar-refractivity contribution in [3.63, 3.8) is 0 Å². The average molecular weight is 272 g/mol. The normalized spacial score (nSPS) is 10.2. The molecule has 0 aliphatic carbocycles. The molecule has 0 aliphatic rings. The van der Waals surface area contributed by atoms with Crippen LogP contribution >= 0.6 is 0 Å². The molecule has 0 aromatic heterocycles. The van der Waals surface area contributed by atoms with Crippen molar-refractivity contribution in [2.45, 2.75) is 13.8 Å². The largest absolute Gasteiger partial charge is 0.497 e.